The van der Waals surface area contributed by atoms with Crippen LogP contribution in [0.1, 0.15) is 19.3 Å². The highest BCUT2D eigenvalue weighted by Gasteiger charge is 2.15. The molecule has 1 aromatic carbocycles. The number of benzene rings is 1. The monoisotopic (exact) mass is 290 g/mol. The van der Waals surface area contributed by atoms with E-state index in [2.05, 4.69) is 15.5 Å². The third-order valence-electron chi connectivity index (χ3n) is 3.51. The average molecular weight is 290 g/mol. The standard InChI is InChI=1S/C15H22N4O2/c16-10-14(20)17-11-15(21)18-12-6-2-3-7-13(12)19-8-4-1-5-9-19/h2-3,6-7H,1,4-5,8-11,16H2,(H,17,20)(H,18,21). The summed E-state index contributed by atoms with van der Waals surface area (Å²) in [6.45, 7) is 1.84. The van der Waals surface area contributed by atoms with Crippen LogP contribution in [-0.4, -0.2) is 38.0 Å². The summed E-state index contributed by atoms with van der Waals surface area (Å²) < 4.78 is 0. The summed E-state index contributed by atoms with van der Waals surface area (Å²) in [7, 11) is 0. The summed E-state index contributed by atoms with van der Waals surface area (Å²) in [6.07, 6.45) is 3.61. The molecule has 0 atom stereocenters. The smallest absolute Gasteiger partial charge is 0.243 e. The lowest BCUT2D eigenvalue weighted by atomic mass is 10.1. The fourth-order valence-electron chi connectivity index (χ4n) is 2.44. The number of hydrogen-bond donors (Lipinski definition) is 3. The van der Waals surface area contributed by atoms with Gasteiger partial charge in [0.05, 0.1) is 24.5 Å². The number of piperidine rings is 1. The van der Waals surface area contributed by atoms with Gasteiger partial charge < -0.3 is 21.3 Å². The zero-order valence-electron chi connectivity index (χ0n) is 12.1. The highest BCUT2D eigenvalue weighted by Crippen LogP contribution is 2.28. The lowest BCUT2D eigenvalue weighted by molar-refractivity contribution is -0.123. The van der Waals surface area contributed by atoms with E-state index in [9.17, 15) is 9.59 Å². The molecule has 1 fully saturated rings. The predicted molar refractivity (Wildman–Crippen MR) is 83.2 cm³/mol. The normalized spacial score (nSPS) is 14.6. The lowest BCUT2D eigenvalue weighted by Crippen LogP contribution is -2.37. The van der Waals surface area contributed by atoms with E-state index < -0.39 is 0 Å². The van der Waals surface area contributed by atoms with E-state index >= 15 is 0 Å². The summed E-state index contributed by atoms with van der Waals surface area (Å²) in [4.78, 5) is 25.2. The second kappa shape index (κ2) is 7.64. The van der Waals surface area contributed by atoms with Crippen molar-refractivity contribution in [3.05, 3.63) is 24.3 Å². The highest BCUT2D eigenvalue weighted by molar-refractivity contribution is 5.97. The molecule has 0 spiro atoms. The molecule has 6 nitrogen and oxygen atoms in total. The fourth-order valence-corrected chi connectivity index (χ4v) is 2.44. The molecule has 0 saturated carbocycles. The number of carbonyl (C=O) groups excluding carboxylic acids is 2. The maximum Gasteiger partial charge on any atom is 0.243 e. The second-order valence-electron chi connectivity index (χ2n) is 5.09. The van der Waals surface area contributed by atoms with Gasteiger partial charge in [0.15, 0.2) is 0 Å². The van der Waals surface area contributed by atoms with Gasteiger partial charge in [-0.25, -0.2) is 0 Å². The fraction of sp³-hybridized carbons (Fsp3) is 0.467. The van der Waals surface area contributed by atoms with E-state index in [1.807, 2.05) is 24.3 Å². The van der Waals surface area contributed by atoms with Crippen molar-refractivity contribution in [3.63, 3.8) is 0 Å². The van der Waals surface area contributed by atoms with Crippen LogP contribution in [0.4, 0.5) is 11.4 Å². The first-order valence-electron chi connectivity index (χ1n) is 7.31. The number of rotatable bonds is 5. The Morgan fingerprint density at radius 1 is 1.10 bits per heavy atom. The minimum absolute atomic E-state index is 0.0651. The number of anilines is 2. The summed E-state index contributed by atoms with van der Waals surface area (Å²) in [5, 5.41) is 5.31. The molecule has 114 valence electrons. The quantitative estimate of drug-likeness (QED) is 0.744. The van der Waals surface area contributed by atoms with Gasteiger partial charge in [-0.2, -0.15) is 0 Å². The Kier molecular flexibility index (Phi) is 5.57. The van der Waals surface area contributed by atoms with Crippen LogP contribution in [-0.2, 0) is 9.59 Å². The number of nitrogens with two attached hydrogens (primary N) is 1. The van der Waals surface area contributed by atoms with Crippen molar-refractivity contribution >= 4 is 23.2 Å². The molecule has 21 heavy (non-hydrogen) atoms. The van der Waals surface area contributed by atoms with E-state index in [-0.39, 0.29) is 24.9 Å². The van der Waals surface area contributed by atoms with Crippen LogP contribution >= 0.6 is 0 Å². The Morgan fingerprint density at radius 2 is 1.81 bits per heavy atom. The van der Waals surface area contributed by atoms with Crippen molar-refractivity contribution < 1.29 is 9.59 Å². The Hall–Kier alpha value is -2.08. The SMILES string of the molecule is NCC(=O)NCC(=O)Nc1ccccc1N1CCCCC1. The van der Waals surface area contributed by atoms with Crippen molar-refractivity contribution in [1.82, 2.24) is 5.32 Å². The molecule has 1 aromatic rings. The first-order valence-corrected chi connectivity index (χ1v) is 7.31. The van der Waals surface area contributed by atoms with Gasteiger partial charge >= 0.3 is 0 Å². The third-order valence-corrected chi connectivity index (χ3v) is 3.51. The molecular weight excluding hydrogens is 268 g/mol. The maximum absolute atomic E-state index is 11.9. The summed E-state index contributed by atoms with van der Waals surface area (Å²) >= 11 is 0. The molecule has 0 aromatic heterocycles. The minimum Gasteiger partial charge on any atom is -0.370 e. The molecule has 1 aliphatic heterocycles. The number of nitrogens with one attached hydrogen (secondary N) is 2. The largest absolute Gasteiger partial charge is 0.370 e. The maximum atomic E-state index is 11.9. The van der Waals surface area contributed by atoms with E-state index in [4.69, 9.17) is 5.73 Å². The van der Waals surface area contributed by atoms with Crippen LogP contribution in [0.15, 0.2) is 24.3 Å². The van der Waals surface area contributed by atoms with Gasteiger partial charge in [-0.15, -0.1) is 0 Å². The third kappa shape index (κ3) is 4.46. The molecule has 2 amide bonds. The molecule has 6 heteroatoms. The molecule has 4 N–H and O–H groups in total. The Bertz CT molecular complexity index is 498. The summed E-state index contributed by atoms with van der Waals surface area (Å²) in [5.74, 6) is -0.587. The zero-order valence-corrected chi connectivity index (χ0v) is 12.1. The Labute approximate surface area is 124 Å². The van der Waals surface area contributed by atoms with E-state index in [0.29, 0.717) is 0 Å². The molecule has 0 unspecified atom stereocenters. The zero-order chi connectivity index (χ0) is 15.1. The Balaban J connectivity index is 1.99. The van der Waals surface area contributed by atoms with Crippen LogP contribution in [0.5, 0.6) is 0 Å². The number of amides is 2. The van der Waals surface area contributed by atoms with Crippen LogP contribution in [0, 0.1) is 0 Å². The summed E-state index contributed by atoms with van der Waals surface area (Å²) in [5.41, 5.74) is 7.00. The molecule has 1 saturated heterocycles. The van der Waals surface area contributed by atoms with Gasteiger partial charge in [-0.05, 0) is 31.4 Å². The molecule has 0 radical (unpaired) electrons. The number of carbonyl (C=O) groups is 2. The van der Waals surface area contributed by atoms with Crippen molar-refractivity contribution in [2.24, 2.45) is 5.73 Å². The van der Waals surface area contributed by atoms with Gasteiger partial charge in [0.1, 0.15) is 0 Å². The Morgan fingerprint density at radius 3 is 2.52 bits per heavy atom. The van der Waals surface area contributed by atoms with Crippen molar-refractivity contribution in [2.45, 2.75) is 19.3 Å². The molecule has 0 bridgehead atoms. The number of nitrogens with zero attached hydrogens (tertiary/aromatic N) is 1. The molecule has 1 aliphatic rings. The molecule has 1 heterocycles. The summed E-state index contributed by atoms with van der Waals surface area (Å²) in [6, 6.07) is 7.75. The van der Waals surface area contributed by atoms with Crippen LogP contribution < -0.4 is 21.3 Å². The lowest BCUT2D eigenvalue weighted by Gasteiger charge is -2.30. The first-order chi connectivity index (χ1) is 10.2. The van der Waals surface area contributed by atoms with Crippen LogP contribution in [0.3, 0.4) is 0 Å². The van der Waals surface area contributed by atoms with Crippen molar-refractivity contribution in [1.29, 1.82) is 0 Å². The van der Waals surface area contributed by atoms with Crippen LogP contribution in [0.2, 0.25) is 0 Å². The first kappa shape index (κ1) is 15.3. The average Bonchev–Trinajstić information content (AvgIpc) is 2.54. The van der Waals surface area contributed by atoms with Gasteiger partial charge in [0, 0.05) is 13.1 Å². The predicted octanol–water partition coefficient (Wildman–Crippen LogP) is 0.690. The van der Waals surface area contributed by atoms with E-state index in [0.717, 1.165) is 24.5 Å². The van der Waals surface area contributed by atoms with E-state index in [1.165, 1.54) is 19.3 Å². The topological polar surface area (TPSA) is 87.5 Å². The van der Waals surface area contributed by atoms with Gasteiger partial charge in [-0.1, -0.05) is 12.1 Å². The minimum atomic E-state index is -0.338. The number of para-hydroxylation sites is 2. The van der Waals surface area contributed by atoms with Gasteiger partial charge in [0.25, 0.3) is 0 Å². The van der Waals surface area contributed by atoms with Crippen molar-refractivity contribution in [3.8, 4) is 0 Å². The second-order valence-corrected chi connectivity index (χ2v) is 5.09. The number of hydrogen-bond acceptors (Lipinski definition) is 4. The van der Waals surface area contributed by atoms with Crippen LogP contribution in [0.25, 0.3) is 0 Å². The van der Waals surface area contributed by atoms with Crippen molar-refractivity contribution in [2.75, 3.05) is 36.4 Å². The molecule has 2 rings (SSSR count). The molecule has 0 aliphatic carbocycles. The van der Waals surface area contributed by atoms with E-state index in [1.54, 1.807) is 0 Å². The molecular formula is C15H22N4O2. The van der Waals surface area contributed by atoms with Gasteiger partial charge in [-0.3, -0.25) is 9.59 Å². The highest BCUT2D eigenvalue weighted by atomic mass is 16.2. The van der Waals surface area contributed by atoms with Gasteiger partial charge in [0.2, 0.25) is 11.8 Å².